The molecule has 0 spiro atoms. The van der Waals surface area contributed by atoms with Gasteiger partial charge in [0.05, 0.1) is 25.4 Å². The van der Waals surface area contributed by atoms with Crippen molar-refractivity contribution < 1.29 is 39.8 Å². The quantitative estimate of drug-likeness (QED) is 0.0261. The van der Waals surface area contributed by atoms with Gasteiger partial charge in [0.25, 0.3) is 0 Å². The van der Waals surface area contributed by atoms with Crippen molar-refractivity contribution in [2.24, 2.45) is 0 Å². The van der Waals surface area contributed by atoms with Crippen molar-refractivity contribution in [3.8, 4) is 0 Å². The molecule has 0 bridgehead atoms. The predicted molar refractivity (Wildman–Crippen MR) is 304 cm³/mol. The number of aliphatic hydroxyl groups is 5. The van der Waals surface area contributed by atoms with Crippen LogP contribution in [0.3, 0.4) is 0 Å². The van der Waals surface area contributed by atoms with E-state index in [0.29, 0.717) is 6.42 Å². The fourth-order valence-corrected chi connectivity index (χ4v) is 9.48. The van der Waals surface area contributed by atoms with E-state index in [2.05, 4.69) is 67.8 Å². The first-order valence-corrected chi connectivity index (χ1v) is 30.5. The van der Waals surface area contributed by atoms with Gasteiger partial charge >= 0.3 is 0 Å². The zero-order valence-electron chi connectivity index (χ0n) is 46.7. The highest BCUT2D eigenvalue weighted by atomic mass is 16.7. The largest absolute Gasteiger partial charge is 0.394 e. The first-order valence-electron chi connectivity index (χ1n) is 30.5. The molecule has 1 rings (SSSR count). The summed E-state index contributed by atoms with van der Waals surface area (Å²) in [4.78, 5) is 13.1. The Kier molecular flexibility index (Phi) is 49.4. The van der Waals surface area contributed by atoms with Gasteiger partial charge in [-0.1, -0.05) is 261 Å². The summed E-state index contributed by atoms with van der Waals surface area (Å²) >= 11 is 0. The summed E-state index contributed by atoms with van der Waals surface area (Å²) in [6, 6.07) is -0.829. The van der Waals surface area contributed by atoms with E-state index in [1.54, 1.807) is 6.08 Å². The van der Waals surface area contributed by atoms with Crippen LogP contribution in [-0.4, -0.2) is 87.5 Å². The molecule has 9 heteroatoms. The number of nitrogens with one attached hydrogen (secondary N) is 1. The number of aliphatic hydroxyl groups excluding tert-OH is 5. The van der Waals surface area contributed by atoms with Gasteiger partial charge in [-0.25, -0.2) is 0 Å². The molecular weight excluding hydrogens is 899 g/mol. The van der Waals surface area contributed by atoms with Crippen LogP contribution >= 0.6 is 0 Å². The van der Waals surface area contributed by atoms with Crippen molar-refractivity contribution in [3.05, 3.63) is 60.8 Å². The van der Waals surface area contributed by atoms with Crippen LogP contribution in [-0.2, 0) is 14.3 Å². The van der Waals surface area contributed by atoms with Crippen molar-refractivity contribution in [2.75, 3.05) is 13.2 Å². The normalized spacial score (nSPS) is 19.6. The Balaban J connectivity index is 2.24. The van der Waals surface area contributed by atoms with E-state index in [-0.39, 0.29) is 12.5 Å². The number of carbonyl (C=O) groups excluding carboxylic acids is 1. The molecule has 1 aliphatic rings. The van der Waals surface area contributed by atoms with E-state index in [9.17, 15) is 30.3 Å². The Morgan fingerprint density at radius 3 is 1.26 bits per heavy atom. The van der Waals surface area contributed by atoms with Gasteiger partial charge in [0.15, 0.2) is 6.29 Å². The molecule has 0 radical (unpaired) electrons. The smallest absolute Gasteiger partial charge is 0.220 e. The molecule has 1 saturated heterocycles. The third kappa shape index (κ3) is 41.2. The van der Waals surface area contributed by atoms with E-state index < -0.39 is 49.5 Å². The Morgan fingerprint density at radius 1 is 0.472 bits per heavy atom. The molecule has 6 N–H and O–H groups in total. The summed E-state index contributed by atoms with van der Waals surface area (Å²) in [5.41, 5.74) is 0. The van der Waals surface area contributed by atoms with E-state index in [4.69, 9.17) is 9.47 Å². The molecule has 72 heavy (non-hydrogen) atoms. The number of allylic oxidation sites excluding steroid dienone is 9. The molecule has 0 aromatic rings. The van der Waals surface area contributed by atoms with Crippen LogP contribution < -0.4 is 5.32 Å². The van der Waals surface area contributed by atoms with Crippen molar-refractivity contribution in [1.29, 1.82) is 0 Å². The third-order valence-electron chi connectivity index (χ3n) is 14.3. The van der Waals surface area contributed by atoms with Crippen LogP contribution in [0.5, 0.6) is 0 Å². The molecule has 9 nitrogen and oxygen atoms in total. The second kappa shape index (κ2) is 52.3. The van der Waals surface area contributed by atoms with Crippen LogP contribution in [0.15, 0.2) is 60.8 Å². The van der Waals surface area contributed by atoms with E-state index in [1.807, 2.05) is 6.08 Å². The minimum absolute atomic E-state index is 0.193. The Bertz CT molecular complexity index is 1310. The van der Waals surface area contributed by atoms with Gasteiger partial charge in [-0.05, 0) is 70.6 Å². The molecule has 0 aliphatic carbocycles. The first kappa shape index (κ1) is 67.9. The number of hydrogen-bond donors (Lipinski definition) is 6. The van der Waals surface area contributed by atoms with Gasteiger partial charge in [-0.2, -0.15) is 0 Å². The summed E-state index contributed by atoms with van der Waals surface area (Å²) in [6.07, 6.45) is 64.4. The van der Waals surface area contributed by atoms with Crippen LogP contribution in [0.4, 0.5) is 0 Å². The highest BCUT2D eigenvalue weighted by Crippen LogP contribution is 2.23. The lowest BCUT2D eigenvalue weighted by molar-refractivity contribution is -0.302. The number of carbonyl (C=O) groups is 1. The minimum atomic E-state index is -1.58. The van der Waals surface area contributed by atoms with E-state index in [1.165, 1.54) is 193 Å². The Morgan fingerprint density at radius 2 is 0.833 bits per heavy atom. The maximum atomic E-state index is 13.1. The van der Waals surface area contributed by atoms with Crippen LogP contribution in [0.25, 0.3) is 0 Å². The van der Waals surface area contributed by atoms with Crippen molar-refractivity contribution in [1.82, 2.24) is 5.32 Å². The molecule has 7 atom stereocenters. The Hall–Kier alpha value is -2.11. The van der Waals surface area contributed by atoms with Crippen LogP contribution in [0.2, 0.25) is 0 Å². The zero-order chi connectivity index (χ0) is 52.2. The molecule has 0 aromatic heterocycles. The summed E-state index contributed by atoms with van der Waals surface area (Å²) in [5.74, 6) is -0.193. The molecular formula is C63H115NO8. The topological polar surface area (TPSA) is 149 Å². The van der Waals surface area contributed by atoms with Crippen molar-refractivity contribution in [3.63, 3.8) is 0 Å². The molecule has 420 valence electrons. The number of unbranched alkanes of at least 4 members (excludes halogenated alkanes) is 34. The minimum Gasteiger partial charge on any atom is -0.394 e. The van der Waals surface area contributed by atoms with Gasteiger partial charge in [0.2, 0.25) is 5.91 Å². The number of hydrogen-bond acceptors (Lipinski definition) is 8. The maximum absolute atomic E-state index is 13.1. The molecule has 1 fully saturated rings. The molecule has 0 aromatic carbocycles. The average molecular weight is 1010 g/mol. The monoisotopic (exact) mass is 1010 g/mol. The highest BCUT2D eigenvalue weighted by molar-refractivity contribution is 5.76. The van der Waals surface area contributed by atoms with Gasteiger partial charge in [-0.3, -0.25) is 4.79 Å². The molecule has 1 heterocycles. The molecule has 7 unspecified atom stereocenters. The lowest BCUT2D eigenvalue weighted by Crippen LogP contribution is -2.60. The van der Waals surface area contributed by atoms with Crippen LogP contribution in [0, 0.1) is 0 Å². The Labute approximate surface area is 443 Å². The predicted octanol–water partition coefficient (Wildman–Crippen LogP) is 15.5. The van der Waals surface area contributed by atoms with Crippen molar-refractivity contribution >= 4 is 5.91 Å². The zero-order valence-corrected chi connectivity index (χ0v) is 46.7. The second-order valence-corrected chi connectivity index (χ2v) is 21.1. The number of ether oxygens (including phenoxy) is 2. The summed E-state index contributed by atoms with van der Waals surface area (Å²) < 4.78 is 11.3. The van der Waals surface area contributed by atoms with Crippen LogP contribution in [0.1, 0.15) is 277 Å². The van der Waals surface area contributed by atoms with Gasteiger partial charge in [-0.15, -0.1) is 0 Å². The molecule has 1 aliphatic heterocycles. The van der Waals surface area contributed by atoms with E-state index >= 15 is 0 Å². The third-order valence-corrected chi connectivity index (χ3v) is 14.3. The van der Waals surface area contributed by atoms with Gasteiger partial charge in [0, 0.05) is 6.42 Å². The first-order chi connectivity index (χ1) is 35.3. The van der Waals surface area contributed by atoms with Gasteiger partial charge in [0.1, 0.15) is 24.4 Å². The number of amides is 1. The standard InChI is InChI=1S/C63H115NO8/c1-3-5-7-9-11-13-15-17-19-21-23-25-27-28-29-31-32-34-36-38-40-42-44-46-48-50-52-57(66)56(55-71-63-62(70)61(69)60(68)58(54-65)72-63)64-59(67)53-51-49-47-45-43-41-39-37-35-33-30-26-24-22-20-18-16-14-12-10-8-6-4-2/h16,18,22,24,30,33,42,44,50,52,56-58,60-63,65-66,68-70H,3-15,17,19-21,23,25-29,31-32,34-41,43,45-49,51,53-55H2,1-2H3,(H,64,67)/b18-16-,24-22-,33-30-,44-42+,52-50+. The molecule has 1 amide bonds. The SMILES string of the molecule is CCCCCCC/C=C\C/C=C\C/C=C\CCCCCCCCCCC(=O)NC(COC1OC(CO)C(O)C(O)C1O)C(O)/C=C/CC/C=C/CCCCCCCCCCCCCCCCCCCCCC. The second-order valence-electron chi connectivity index (χ2n) is 21.1. The molecule has 0 saturated carbocycles. The lowest BCUT2D eigenvalue weighted by atomic mass is 9.99. The fraction of sp³-hybridized carbons (Fsp3) is 0.825. The lowest BCUT2D eigenvalue weighted by Gasteiger charge is -2.40. The van der Waals surface area contributed by atoms with Crippen molar-refractivity contribution in [2.45, 2.75) is 320 Å². The van der Waals surface area contributed by atoms with E-state index in [0.717, 1.165) is 64.2 Å². The fourth-order valence-electron chi connectivity index (χ4n) is 9.48. The summed E-state index contributed by atoms with van der Waals surface area (Å²) in [5, 5.41) is 54.6. The average Bonchev–Trinajstić information content (AvgIpc) is 3.38. The summed E-state index contributed by atoms with van der Waals surface area (Å²) in [7, 11) is 0. The van der Waals surface area contributed by atoms with Gasteiger partial charge < -0.3 is 40.3 Å². The highest BCUT2D eigenvalue weighted by Gasteiger charge is 2.44. The maximum Gasteiger partial charge on any atom is 0.220 e. The number of rotatable bonds is 52. The summed E-state index contributed by atoms with van der Waals surface area (Å²) in [6.45, 7) is 3.77.